The zero-order chi connectivity index (χ0) is 11.8. The van der Waals surface area contributed by atoms with E-state index in [0.717, 1.165) is 25.2 Å². The zero-order valence-corrected chi connectivity index (χ0v) is 10.4. The topological polar surface area (TPSA) is 41.1 Å². The lowest BCUT2D eigenvalue weighted by Gasteiger charge is -2.19. The van der Waals surface area contributed by atoms with Crippen molar-refractivity contribution in [1.29, 1.82) is 0 Å². The Morgan fingerprint density at radius 2 is 1.76 bits per heavy atom. The van der Waals surface area contributed by atoms with Crippen molar-refractivity contribution in [2.45, 2.75) is 32.2 Å². The molecule has 2 heterocycles. The van der Waals surface area contributed by atoms with Crippen LogP contribution in [0.2, 0.25) is 0 Å². The third-order valence-electron chi connectivity index (χ3n) is 3.25. The highest BCUT2D eigenvalue weighted by Gasteiger charge is 2.07. The first-order chi connectivity index (χ1) is 8.45. The molecule has 1 aliphatic rings. The molecule has 0 aliphatic carbocycles. The highest BCUT2D eigenvalue weighted by atomic mass is 15.1. The predicted octanol–water partition coefficient (Wildman–Crippen LogP) is 1.44. The summed E-state index contributed by atoms with van der Waals surface area (Å²) in [6.07, 6.45) is 10.9. The second kappa shape index (κ2) is 7.35. The average Bonchev–Trinajstić information content (AvgIpc) is 2.65. The Kier molecular flexibility index (Phi) is 5.39. The van der Waals surface area contributed by atoms with Crippen molar-refractivity contribution in [1.82, 2.24) is 20.2 Å². The standard InChI is InChI=1S/C13H22N4/c1-2-4-7-17(6-3-1)8-5-14-9-13-10-15-12-16-11-13/h10-12,14H,1-9H2. The Bertz CT molecular complexity index is 294. The third-order valence-corrected chi connectivity index (χ3v) is 3.25. The minimum Gasteiger partial charge on any atom is -0.311 e. The maximum atomic E-state index is 4.00. The van der Waals surface area contributed by atoms with E-state index >= 15 is 0 Å². The van der Waals surface area contributed by atoms with Crippen LogP contribution in [0.25, 0.3) is 0 Å². The minimum absolute atomic E-state index is 0.870. The Labute approximate surface area is 103 Å². The fourth-order valence-corrected chi connectivity index (χ4v) is 2.25. The number of likely N-dealkylation sites (tertiary alicyclic amines) is 1. The molecule has 2 rings (SSSR count). The molecule has 1 saturated heterocycles. The van der Waals surface area contributed by atoms with Crippen LogP contribution in [0.1, 0.15) is 31.2 Å². The van der Waals surface area contributed by atoms with Crippen molar-refractivity contribution in [3.63, 3.8) is 0 Å². The number of nitrogens with one attached hydrogen (secondary N) is 1. The summed E-state index contributed by atoms with van der Waals surface area (Å²) >= 11 is 0. The summed E-state index contributed by atoms with van der Waals surface area (Å²) in [5.41, 5.74) is 1.16. The Hall–Kier alpha value is -1.00. The SMILES string of the molecule is c1ncc(CNCCN2CCCCCC2)cn1. The van der Waals surface area contributed by atoms with Crippen molar-refractivity contribution in [2.24, 2.45) is 0 Å². The lowest BCUT2D eigenvalue weighted by Crippen LogP contribution is -2.32. The summed E-state index contributed by atoms with van der Waals surface area (Å²) in [6, 6.07) is 0. The monoisotopic (exact) mass is 234 g/mol. The molecule has 0 unspecified atom stereocenters. The van der Waals surface area contributed by atoms with Crippen LogP contribution < -0.4 is 5.32 Å². The molecule has 0 bridgehead atoms. The fraction of sp³-hybridized carbons (Fsp3) is 0.692. The van der Waals surface area contributed by atoms with E-state index in [1.54, 1.807) is 6.33 Å². The molecule has 0 amide bonds. The van der Waals surface area contributed by atoms with Gasteiger partial charge in [0.15, 0.2) is 0 Å². The number of nitrogens with zero attached hydrogens (tertiary/aromatic N) is 3. The Morgan fingerprint density at radius 3 is 2.47 bits per heavy atom. The number of hydrogen-bond donors (Lipinski definition) is 1. The van der Waals surface area contributed by atoms with Gasteiger partial charge in [0, 0.05) is 37.6 Å². The van der Waals surface area contributed by atoms with Crippen LogP contribution >= 0.6 is 0 Å². The van der Waals surface area contributed by atoms with Crippen LogP contribution in [0.4, 0.5) is 0 Å². The van der Waals surface area contributed by atoms with Gasteiger partial charge in [-0.15, -0.1) is 0 Å². The summed E-state index contributed by atoms with van der Waals surface area (Å²) in [7, 11) is 0. The molecule has 17 heavy (non-hydrogen) atoms. The third kappa shape index (κ3) is 4.79. The zero-order valence-electron chi connectivity index (χ0n) is 10.4. The van der Waals surface area contributed by atoms with E-state index in [-0.39, 0.29) is 0 Å². The highest BCUT2D eigenvalue weighted by molar-refractivity contribution is 5.01. The van der Waals surface area contributed by atoms with Gasteiger partial charge < -0.3 is 10.2 Å². The van der Waals surface area contributed by atoms with E-state index in [1.165, 1.54) is 38.8 Å². The molecule has 4 nitrogen and oxygen atoms in total. The van der Waals surface area contributed by atoms with Gasteiger partial charge in [0.25, 0.3) is 0 Å². The predicted molar refractivity (Wildman–Crippen MR) is 68.6 cm³/mol. The van der Waals surface area contributed by atoms with Crippen LogP contribution in [0.15, 0.2) is 18.7 Å². The molecule has 0 radical (unpaired) electrons. The number of hydrogen-bond acceptors (Lipinski definition) is 4. The molecular formula is C13H22N4. The van der Waals surface area contributed by atoms with E-state index in [0.29, 0.717) is 0 Å². The first-order valence-corrected chi connectivity index (χ1v) is 6.62. The first-order valence-electron chi connectivity index (χ1n) is 6.62. The number of aromatic nitrogens is 2. The Balaban J connectivity index is 1.59. The lowest BCUT2D eigenvalue weighted by molar-refractivity contribution is 0.284. The normalized spacial score (nSPS) is 17.9. The van der Waals surface area contributed by atoms with Crippen molar-refractivity contribution < 1.29 is 0 Å². The summed E-state index contributed by atoms with van der Waals surface area (Å²) in [4.78, 5) is 10.6. The Morgan fingerprint density at radius 1 is 1.06 bits per heavy atom. The van der Waals surface area contributed by atoms with Gasteiger partial charge in [0.1, 0.15) is 6.33 Å². The molecular weight excluding hydrogens is 212 g/mol. The van der Waals surface area contributed by atoms with E-state index < -0.39 is 0 Å². The van der Waals surface area contributed by atoms with Crippen molar-refractivity contribution in [2.75, 3.05) is 26.2 Å². The van der Waals surface area contributed by atoms with E-state index in [2.05, 4.69) is 20.2 Å². The van der Waals surface area contributed by atoms with E-state index in [4.69, 9.17) is 0 Å². The van der Waals surface area contributed by atoms with Gasteiger partial charge in [-0.2, -0.15) is 0 Å². The molecule has 0 spiro atoms. The largest absolute Gasteiger partial charge is 0.311 e. The molecule has 0 aromatic carbocycles. The van der Waals surface area contributed by atoms with Crippen LogP contribution in [0.5, 0.6) is 0 Å². The van der Waals surface area contributed by atoms with E-state index in [9.17, 15) is 0 Å². The molecule has 94 valence electrons. The van der Waals surface area contributed by atoms with Crippen LogP contribution in [0, 0.1) is 0 Å². The van der Waals surface area contributed by atoms with Gasteiger partial charge in [-0.1, -0.05) is 12.8 Å². The van der Waals surface area contributed by atoms with Gasteiger partial charge in [-0.05, 0) is 25.9 Å². The maximum Gasteiger partial charge on any atom is 0.115 e. The molecule has 4 heteroatoms. The van der Waals surface area contributed by atoms with Crippen LogP contribution in [0.3, 0.4) is 0 Å². The van der Waals surface area contributed by atoms with Gasteiger partial charge in [-0.25, -0.2) is 9.97 Å². The van der Waals surface area contributed by atoms with Gasteiger partial charge in [-0.3, -0.25) is 0 Å². The second-order valence-corrected chi connectivity index (χ2v) is 4.68. The smallest absolute Gasteiger partial charge is 0.115 e. The second-order valence-electron chi connectivity index (χ2n) is 4.68. The summed E-state index contributed by atoms with van der Waals surface area (Å²) < 4.78 is 0. The quantitative estimate of drug-likeness (QED) is 0.783. The molecule has 0 saturated carbocycles. The lowest BCUT2D eigenvalue weighted by atomic mass is 10.2. The molecule has 1 aromatic heterocycles. The molecule has 1 aliphatic heterocycles. The molecule has 1 N–H and O–H groups in total. The number of rotatable bonds is 5. The van der Waals surface area contributed by atoms with Crippen LogP contribution in [-0.4, -0.2) is 41.0 Å². The summed E-state index contributed by atoms with van der Waals surface area (Å²) in [5, 5.41) is 3.45. The first kappa shape index (κ1) is 12.5. The fourth-order valence-electron chi connectivity index (χ4n) is 2.25. The molecule has 1 aromatic rings. The van der Waals surface area contributed by atoms with Crippen molar-refractivity contribution >= 4 is 0 Å². The molecule has 0 atom stereocenters. The average molecular weight is 234 g/mol. The minimum atomic E-state index is 0.870. The molecule has 1 fully saturated rings. The highest BCUT2D eigenvalue weighted by Crippen LogP contribution is 2.08. The van der Waals surface area contributed by atoms with Gasteiger partial charge in [0.2, 0.25) is 0 Å². The maximum absolute atomic E-state index is 4.00. The van der Waals surface area contributed by atoms with Crippen LogP contribution in [-0.2, 0) is 6.54 Å². The van der Waals surface area contributed by atoms with Crippen molar-refractivity contribution in [3.8, 4) is 0 Å². The van der Waals surface area contributed by atoms with E-state index in [1.807, 2.05) is 12.4 Å². The van der Waals surface area contributed by atoms with Gasteiger partial charge >= 0.3 is 0 Å². The summed E-state index contributed by atoms with van der Waals surface area (Å²) in [5.74, 6) is 0. The van der Waals surface area contributed by atoms with Crippen molar-refractivity contribution in [3.05, 3.63) is 24.3 Å². The van der Waals surface area contributed by atoms with Gasteiger partial charge in [0.05, 0.1) is 0 Å². The summed E-state index contributed by atoms with van der Waals surface area (Å²) in [6.45, 7) is 5.63.